The Morgan fingerprint density at radius 3 is 2.38 bits per heavy atom. The number of H-pyrrole nitrogens is 1. The lowest BCUT2D eigenvalue weighted by atomic mass is 9.98. The van der Waals surface area contributed by atoms with Gasteiger partial charge in [-0.05, 0) is 37.3 Å². The lowest BCUT2D eigenvalue weighted by Crippen LogP contribution is -2.46. The van der Waals surface area contributed by atoms with Crippen LogP contribution in [-0.2, 0) is 9.47 Å². The number of nitrogens with one attached hydrogen (secondary N) is 1. The molecule has 0 saturated carbocycles. The summed E-state index contributed by atoms with van der Waals surface area (Å²) in [5.41, 5.74) is 0.594. The van der Waals surface area contributed by atoms with Crippen LogP contribution in [0.15, 0.2) is 51.9 Å². The third-order valence-electron chi connectivity index (χ3n) is 5.44. The highest BCUT2D eigenvalue weighted by molar-refractivity contribution is 5.51. The van der Waals surface area contributed by atoms with Crippen molar-refractivity contribution in [1.82, 2.24) is 9.55 Å². The molecule has 0 unspecified atom stereocenters. The van der Waals surface area contributed by atoms with Crippen LogP contribution in [0.2, 0.25) is 0 Å². The Bertz CT molecular complexity index is 993. The summed E-state index contributed by atoms with van der Waals surface area (Å²) in [5, 5.41) is 0. The molecule has 29 heavy (non-hydrogen) atoms. The number of hydrogen-bond acceptors (Lipinski definition) is 6. The molecule has 0 bridgehead atoms. The standard InChI is InChI=1S/C21H27N3O5/c1-13-11-24(21(26)22-20(13)25)17-10-18(29-5)16(12-27-3)19(17)23(2)14-6-8-15(28-4)9-7-14/h6-11,16-17,19H,12H2,1-5H3,(H,22,25,26)/t16-,17+,19+/m0/s1. The number of aromatic amines is 1. The number of anilines is 1. The van der Waals surface area contributed by atoms with E-state index in [1.165, 1.54) is 0 Å². The van der Waals surface area contributed by atoms with Gasteiger partial charge in [0.2, 0.25) is 0 Å². The first-order valence-corrected chi connectivity index (χ1v) is 9.34. The molecule has 1 N–H and O–H groups in total. The van der Waals surface area contributed by atoms with E-state index in [2.05, 4.69) is 9.88 Å². The molecule has 3 rings (SSSR count). The largest absolute Gasteiger partial charge is 0.501 e. The summed E-state index contributed by atoms with van der Waals surface area (Å²) in [6.07, 6.45) is 3.52. The minimum atomic E-state index is -0.455. The highest BCUT2D eigenvalue weighted by atomic mass is 16.5. The monoisotopic (exact) mass is 401 g/mol. The van der Waals surface area contributed by atoms with Crippen molar-refractivity contribution in [2.75, 3.05) is 39.9 Å². The highest BCUT2D eigenvalue weighted by Crippen LogP contribution is 2.39. The van der Waals surface area contributed by atoms with Crippen molar-refractivity contribution in [3.05, 3.63) is 68.7 Å². The fraction of sp³-hybridized carbons (Fsp3) is 0.429. The third kappa shape index (κ3) is 3.93. The zero-order valence-corrected chi connectivity index (χ0v) is 17.3. The number of nitrogens with zero attached hydrogens (tertiary/aromatic N) is 2. The van der Waals surface area contributed by atoms with Crippen molar-refractivity contribution in [2.24, 2.45) is 5.92 Å². The molecule has 8 nitrogen and oxygen atoms in total. The van der Waals surface area contributed by atoms with E-state index in [4.69, 9.17) is 14.2 Å². The van der Waals surface area contributed by atoms with Crippen LogP contribution < -0.4 is 20.9 Å². The Kier molecular flexibility index (Phi) is 6.12. The number of likely N-dealkylation sites (N-methyl/N-ethyl adjacent to an activating group) is 1. The quantitative estimate of drug-likeness (QED) is 0.760. The SMILES string of the molecule is COC[C@H]1C(OC)=C[C@@H](n2cc(C)c(=O)[nH]c2=O)[C@@H]1N(C)c1ccc(OC)cc1. The van der Waals surface area contributed by atoms with Gasteiger partial charge in [-0.15, -0.1) is 0 Å². The van der Waals surface area contributed by atoms with Gasteiger partial charge in [-0.25, -0.2) is 4.79 Å². The van der Waals surface area contributed by atoms with Crippen LogP contribution in [0.3, 0.4) is 0 Å². The summed E-state index contributed by atoms with van der Waals surface area (Å²) in [7, 11) is 6.85. The third-order valence-corrected chi connectivity index (χ3v) is 5.44. The van der Waals surface area contributed by atoms with E-state index in [9.17, 15) is 9.59 Å². The normalized spacial score (nSPS) is 21.0. The van der Waals surface area contributed by atoms with Crippen molar-refractivity contribution in [1.29, 1.82) is 0 Å². The number of benzene rings is 1. The van der Waals surface area contributed by atoms with E-state index in [1.807, 2.05) is 37.4 Å². The van der Waals surface area contributed by atoms with Gasteiger partial charge in [0.25, 0.3) is 5.56 Å². The van der Waals surface area contributed by atoms with Crippen LogP contribution >= 0.6 is 0 Å². The predicted octanol–water partition coefficient (Wildman–Crippen LogP) is 1.71. The van der Waals surface area contributed by atoms with E-state index in [0.717, 1.165) is 17.2 Å². The topological polar surface area (TPSA) is 85.8 Å². The molecule has 0 spiro atoms. The Balaban J connectivity index is 2.08. The fourth-order valence-electron chi connectivity index (χ4n) is 3.92. The zero-order valence-electron chi connectivity index (χ0n) is 17.3. The summed E-state index contributed by atoms with van der Waals surface area (Å²) in [6.45, 7) is 2.11. The second kappa shape index (κ2) is 8.57. The van der Waals surface area contributed by atoms with Gasteiger partial charge in [-0.1, -0.05) is 0 Å². The minimum Gasteiger partial charge on any atom is -0.501 e. The number of ether oxygens (including phenoxy) is 3. The van der Waals surface area contributed by atoms with E-state index < -0.39 is 5.69 Å². The molecule has 1 heterocycles. The highest BCUT2D eigenvalue weighted by Gasteiger charge is 2.42. The van der Waals surface area contributed by atoms with Gasteiger partial charge in [-0.3, -0.25) is 14.3 Å². The molecule has 0 aliphatic heterocycles. The van der Waals surface area contributed by atoms with Crippen LogP contribution in [0, 0.1) is 12.8 Å². The van der Waals surface area contributed by atoms with Gasteiger partial charge in [0.05, 0.1) is 38.8 Å². The molecule has 0 saturated heterocycles. The number of methoxy groups -OCH3 is 3. The molecule has 1 aromatic heterocycles. The molecule has 0 fully saturated rings. The van der Waals surface area contributed by atoms with E-state index in [0.29, 0.717) is 12.2 Å². The maximum absolute atomic E-state index is 12.6. The van der Waals surface area contributed by atoms with Crippen molar-refractivity contribution >= 4 is 5.69 Å². The van der Waals surface area contributed by atoms with Crippen molar-refractivity contribution in [3.63, 3.8) is 0 Å². The van der Waals surface area contributed by atoms with Crippen LogP contribution in [-0.4, -0.2) is 50.6 Å². The Labute approximate surface area is 169 Å². The maximum atomic E-state index is 12.6. The number of hydrogen-bond donors (Lipinski definition) is 1. The second-order valence-electron chi connectivity index (χ2n) is 7.10. The van der Waals surface area contributed by atoms with Gasteiger partial charge in [-0.2, -0.15) is 0 Å². The molecule has 2 aromatic rings. The van der Waals surface area contributed by atoms with Crippen LogP contribution in [0.5, 0.6) is 5.75 Å². The van der Waals surface area contributed by atoms with Crippen LogP contribution in [0.25, 0.3) is 0 Å². The predicted molar refractivity (Wildman–Crippen MR) is 111 cm³/mol. The van der Waals surface area contributed by atoms with Crippen LogP contribution in [0.4, 0.5) is 5.69 Å². The first-order valence-electron chi connectivity index (χ1n) is 9.34. The molecular formula is C21H27N3O5. The molecular weight excluding hydrogens is 374 g/mol. The Morgan fingerprint density at radius 2 is 1.79 bits per heavy atom. The lowest BCUT2D eigenvalue weighted by Gasteiger charge is -2.36. The van der Waals surface area contributed by atoms with E-state index in [1.54, 1.807) is 39.0 Å². The molecule has 1 aliphatic carbocycles. The van der Waals surface area contributed by atoms with E-state index in [-0.39, 0.29) is 23.6 Å². The smallest absolute Gasteiger partial charge is 0.328 e. The van der Waals surface area contributed by atoms with Gasteiger partial charge >= 0.3 is 5.69 Å². The molecule has 1 aliphatic rings. The molecule has 3 atom stereocenters. The first-order chi connectivity index (χ1) is 13.9. The molecule has 8 heteroatoms. The molecule has 1 aromatic carbocycles. The summed E-state index contributed by atoms with van der Waals surface area (Å²) in [6, 6.07) is 7.20. The Hall–Kier alpha value is -3.00. The van der Waals surface area contributed by atoms with Crippen LogP contribution in [0.1, 0.15) is 11.6 Å². The van der Waals surface area contributed by atoms with E-state index >= 15 is 0 Å². The number of rotatable bonds is 7. The van der Waals surface area contributed by atoms with Crippen molar-refractivity contribution < 1.29 is 14.2 Å². The summed E-state index contributed by atoms with van der Waals surface area (Å²) in [4.78, 5) is 28.9. The Morgan fingerprint density at radius 1 is 1.10 bits per heavy atom. The lowest BCUT2D eigenvalue weighted by molar-refractivity contribution is 0.121. The van der Waals surface area contributed by atoms with Crippen molar-refractivity contribution in [3.8, 4) is 5.75 Å². The number of aryl methyl sites for hydroxylation is 1. The average molecular weight is 401 g/mol. The van der Waals surface area contributed by atoms with Gasteiger partial charge in [0.15, 0.2) is 0 Å². The zero-order chi connectivity index (χ0) is 21.1. The van der Waals surface area contributed by atoms with Crippen molar-refractivity contribution in [2.45, 2.75) is 19.0 Å². The fourth-order valence-corrected chi connectivity index (χ4v) is 3.92. The number of aromatic nitrogens is 2. The summed E-state index contributed by atoms with van der Waals surface area (Å²) in [5.74, 6) is 1.42. The average Bonchev–Trinajstić information content (AvgIpc) is 3.08. The molecule has 0 radical (unpaired) electrons. The van der Waals surface area contributed by atoms with Gasteiger partial charge in [0.1, 0.15) is 11.5 Å². The minimum absolute atomic E-state index is 0.0961. The second-order valence-corrected chi connectivity index (χ2v) is 7.10. The maximum Gasteiger partial charge on any atom is 0.328 e. The molecule has 0 amide bonds. The first kappa shape index (κ1) is 20.7. The van der Waals surface area contributed by atoms with Gasteiger partial charge < -0.3 is 19.1 Å². The van der Waals surface area contributed by atoms with Gasteiger partial charge in [0, 0.05) is 31.6 Å². The summed E-state index contributed by atoms with van der Waals surface area (Å²) >= 11 is 0. The summed E-state index contributed by atoms with van der Waals surface area (Å²) < 4.78 is 17.9. The molecule has 156 valence electrons.